The minimum atomic E-state index is -0.530. The standard InChI is InChI=1S/C9H14N2O3S/c1-3-13-9(12)8-10-7(14-11-8)5-4-6-15-2/h3-6H2,1-2H3. The molecule has 1 heterocycles. The summed E-state index contributed by atoms with van der Waals surface area (Å²) < 4.78 is 9.65. The number of rotatable bonds is 6. The van der Waals surface area contributed by atoms with Crippen LogP contribution in [0.1, 0.15) is 29.9 Å². The Kier molecular flexibility index (Phi) is 5.17. The number of ether oxygens (including phenoxy) is 1. The minimum Gasteiger partial charge on any atom is -0.460 e. The zero-order chi connectivity index (χ0) is 11.1. The van der Waals surface area contributed by atoms with E-state index >= 15 is 0 Å². The van der Waals surface area contributed by atoms with E-state index in [9.17, 15) is 4.79 Å². The third kappa shape index (κ3) is 3.91. The molecule has 0 aliphatic heterocycles. The zero-order valence-electron chi connectivity index (χ0n) is 8.86. The van der Waals surface area contributed by atoms with Gasteiger partial charge in [-0.15, -0.1) is 0 Å². The summed E-state index contributed by atoms with van der Waals surface area (Å²) in [5, 5.41) is 3.55. The Morgan fingerprint density at radius 2 is 2.40 bits per heavy atom. The molecule has 0 fully saturated rings. The number of aromatic nitrogens is 2. The lowest BCUT2D eigenvalue weighted by Crippen LogP contribution is -2.06. The summed E-state index contributed by atoms with van der Waals surface area (Å²) in [4.78, 5) is 15.1. The van der Waals surface area contributed by atoms with Gasteiger partial charge in [0, 0.05) is 6.42 Å². The summed E-state index contributed by atoms with van der Waals surface area (Å²) in [5.74, 6) is 1.01. The van der Waals surface area contributed by atoms with Crippen LogP contribution in [0.3, 0.4) is 0 Å². The monoisotopic (exact) mass is 230 g/mol. The highest BCUT2D eigenvalue weighted by molar-refractivity contribution is 7.98. The van der Waals surface area contributed by atoms with Crippen LogP contribution in [0.5, 0.6) is 0 Å². The van der Waals surface area contributed by atoms with Gasteiger partial charge in [-0.3, -0.25) is 0 Å². The summed E-state index contributed by atoms with van der Waals surface area (Å²) in [5.41, 5.74) is 0. The fourth-order valence-corrected chi connectivity index (χ4v) is 1.44. The van der Waals surface area contributed by atoms with E-state index in [1.165, 1.54) is 0 Å². The molecule has 1 rings (SSSR count). The maximum Gasteiger partial charge on any atom is 0.379 e. The second-order valence-electron chi connectivity index (χ2n) is 2.83. The summed E-state index contributed by atoms with van der Waals surface area (Å²) in [6, 6.07) is 0. The maximum atomic E-state index is 11.2. The highest BCUT2D eigenvalue weighted by Gasteiger charge is 2.14. The molecule has 0 aliphatic carbocycles. The average molecular weight is 230 g/mol. The Morgan fingerprint density at radius 3 is 3.07 bits per heavy atom. The van der Waals surface area contributed by atoms with Gasteiger partial charge in [0.2, 0.25) is 5.89 Å². The molecule has 0 saturated heterocycles. The highest BCUT2D eigenvalue weighted by Crippen LogP contribution is 2.05. The number of nitrogens with zero attached hydrogens (tertiary/aromatic N) is 2. The molecule has 0 N–H and O–H groups in total. The molecule has 0 spiro atoms. The Balaban J connectivity index is 2.45. The molecule has 0 atom stereocenters. The van der Waals surface area contributed by atoms with Crippen molar-refractivity contribution in [1.82, 2.24) is 10.1 Å². The second-order valence-corrected chi connectivity index (χ2v) is 3.81. The third-order valence-corrected chi connectivity index (χ3v) is 2.36. The van der Waals surface area contributed by atoms with Gasteiger partial charge in [-0.2, -0.15) is 16.7 Å². The maximum absolute atomic E-state index is 11.2. The van der Waals surface area contributed by atoms with E-state index in [1.54, 1.807) is 18.7 Å². The summed E-state index contributed by atoms with van der Waals surface area (Å²) in [7, 11) is 0. The van der Waals surface area contributed by atoms with Crippen molar-refractivity contribution >= 4 is 17.7 Å². The largest absolute Gasteiger partial charge is 0.460 e. The van der Waals surface area contributed by atoms with Crippen molar-refractivity contribution in [2.45, 2.75) is 19.8 Å². The van der Waals surface area contributed by atoms with Gasteiger partial charge >= 0.3 is 5.97 Å². The van der Waals surface area contributed by atoms with Crippen LogP contribution in [0.25, 0.3) is 0 Å². The Hall–Kier alpha value is -1.04. The van der Waals surface area contributed by atoms with E-state index in [2.05, 4.69) is 10.1 Å². The number of esters is 1. The molecule has 5 nitrogen and oxygen atoms in total. The lowest BCUT2D eigenvalue weighted by molar-refractivity contribution is 0.0508. The number of hydrogen-bond donors (Lipinski definition) is 0. The number of hydrogen-bond acceptors (Lipinski definition) is 6. The predicted octanol–water partition coefficient (Wildman–Crippen LogP) is 1.54. The molecular formula is C9H14N2O3S. The van der Waals surface area contributed by atoms with E-state index < -0.39 is 5.97 Å². The van der Waals surface area contributed by atoms with Gasteiger partial charge in [-0.05, 0) is 30.5 Å². The molecule has 0 bridgehead atoms. The van der Waals surface area contributed by atoms with E-state index in [0.29, 0.717) is 18.9 Å². The Morgan fingerprint density at radius 1 is 1.60 bits per heavy atom. The molecule has 0 aromatic carbocycles. The van der Waals surface area contributed by atoms with Gasteiger partial charge in [-0.1, -0.05) is 0 Å². The summed E-state index contributed by atoms with van der Waals surface area (Å²) in [6.07, 6.45) is 3.71. The van der Waals surface area contributed by atoms with Gasteiger partial charge in [-0.25, -0.2) is 4.79 Å². The van der Waals surface area contributed by atoms with Crippen LogP contribution in [0.2, 0.25) is 0 Å². The van der Waals surface area contributed by atoms with Crippen LogP contribution in [0.15, 0.2) is 4.52 Å². The molecule has 84 valence electrons. The topological polar surface area (TPSA) is 65.2 Å². The van der Waals surface area contributed by atoms with Crippen molar-refractivity contribution in [3.05, 3.63) is 11.7 Å². The van der Waals surface area contributed by atoms with Gasteiger partial charge < -0.3 is 9.26 Å². The fraction of sp³-hybridized carbons (Fsp3) is 0.667. The molecule has 15 heavy (non-hydrogen) atoms. The van der Waals surface area contributed by atoms with Crippen LogP contribution >= 0.6 is 11.8 Å². The lowest BCUT2D eigenvalue weighted by Gasteiger charge is -1.93. The first kappa shape index (κ1) is 12.0. The van der Waals surface area contributed by atoms with Crippen LogP contribution < -0.4 is 0 Å². The Bertz CT molecular complexity index is 314. The molecule has 1 aromatic rings. The zero-order valence-corrected chi connectivity index (χ0v) is 9.67. The third-order valence-electron chi connectivity index (χ3n) is 1.67. The second kappa shape index (κ2) is 6.44. The van der Waals surface area contributed by atoms with Crippen molar-refractivity contribution in [3.63, 3.8) is 0 Å². The Labute approximate surface area is 92.6 Å². The summed E-state index contributed by atoms with van der Waals surface area (Å²) >= 11 is 1.76. The quantitative estimate of drug-likeness (QED) is 0.545. The minimum absolute atomic E-state index is 0.0102. The molecule has 6 heteroatoms. The molecule has 0 aliphatic rings. The van der Waals surface area contributed by atoms with Gasteiger partial charge in [0.05, 0.1) is 6.61 Å². The number of aryl methyl sites for hydroxylation is 1. The normalized spacial score (nSPS) is 10.3. The average Bonchev–Trinajstić information content (AvgIpc) is 2.67. The van der Waals surface area contributed by atoms with E-state index in [4.69, 9.17) is 9.26 Å². The van der Waals surface area contributed by atoms with Crippen LogP contribution in [-0.2, 0) is 11.2 Å². The predicted molar refractivity (Wildman–Crippen MR) is 57.0 cm³/mol. The van der Waals surface area contributed by atoms with Crippen molar-refractivity contribution < 1.29 is 14.1 Å². The number of thioether (sulfide) groups is 1. The van der Waals surface area contributed by atoms with E-state index in [1.807, 2.05) is 6.26 Å². The van der Waals surface area contributed by atoms with Crippen LogP contribution in [0.4, 0.5) is 0 Å². The first-order chi connectivity index (χ1) is 7.27. The summed E-state index contributed by atoms with van der Waals surface area (Å²) in [6.45, 7) is 2.05. The highest BCUT2D eigenvalue weighted by atomic mass is 32.2. The van der Waals surface area contributed by atoms with Crippen molar-refractivity contribution in [2.24, 2.45) is 0 Å². The fourth-order valence-electron chi connectivity index (χ4n) is 1.00. The smallest absolute Gasteiger partial charge is 0.379 e. The van der Waals surface area contributed by atoms with Crippen molar-refractivity contribution in [1.29, 1.82) is 0 Å². The van der Waals surface area contributed by atoms with Gasteiger partial charge in [0.1, 0.15) is 0 Å². The lowest BCUT2D eigenvalue weighted by atomic mass is 10.3. The van der Waals surface area contributed by atoms with E-state index in [0.717, 1.165) is 12.2 Å². The van der Waals surface area contributed by atoms with E-state index in [-0.39, 0.29) is 5.82 Å². The van der Waals surface area contributed by atoms with Gasteiger partial charge in [0.25, 0.3) is 5.82 Å². The first-order valence-electron chi connectivity index (χ1n) is 4.76. The van der Waals surface area contributed by atoms with Crippen LogP contribution in [-0.4, -0.2) is 34.7 Å². The molecule has 0 saturated carbocycles. The molecule has 1 aromatic heterocycles. The van der Waals surface area contributed by atoms with Crippen molar-refractivity contribution in [2.75, 3.05) is 18.6 Å². The first-order valence-corrected chi connectivity index (χ1v) is 6.16. The molecule has 0 radical (unpaired) electrons. The number of carbonyl (C=O) groups is 1. The molecule has 0 unspecified atom stereocenters. The van der Waals surface area contributed by atoms with Crippen LogP contribution in [0, 0.1) is 0 Å². The number of carbonyl (C=O) groups excluding carboxylic acids is 1. The molecular weight excluding hydrogens is 216 g/mol. The molecule has 0 amide bonds. The SMILES string of the molecule is CCOC(=O)c1noc(CCCSC)n1. The van der Waals surface area contributed by atoms with Crippen molar-refractivity contribution in [3.8, 4) is 0 Å². The van der Waals surface area contributed by atoms with Gasteiger partial charge in [0.15, 0.2) is 0 Å².